The molecule has 0 aliphatic carbocycles. The fraction of sp³-hybridized carbons (Fsp3) is 0.261. The summed E-state index contributed by atoms with van der Waals surface area (Å²) in [6.07, 6.45) is 4.35. The summed E-state index contributed by atoms with van der Waals surface area (Å²) in [5.74, 6) is 0.514. The van der Waals surface area contributed by atoms with Crippen molar-refractivity contribution in [1.82, 2.24) is 19.7 Å². The summed E-state index contributed by atoms with van der Waals surface area (Å²) in [4.78, 5) is 8.87. The summed E-state index contributed by atoms with van der Waals surface area (Å²) in [6, 6.07) is 11.3. The molecule has 2 heterocycles. The normalized spacial score (nSPS) is 11.7. The minimum absolute atomic E-state index is 0.0303. The number of anilines is 2. The Labute approximate surface area is 213 Å². The van der Waals surface area contributed by atoms with Gasteiger partial charge in [-0.15, -0.1) is 0 Å². The predicted molar refractivity (Wildman–Crippen MR) is 138 cm³/mol. The van der Waals surface area contributed by atoms with E-state index >= 15 is 0 Å². The molecular weight excluding hydrogens is 511 g/mol. The van der Waals surface area contributed by atoms with Crippen molar-refractivity contribution >= 4 is 55.9 Å². The lowest BCUT2D eigenvalue weighted by molar-refractivity contribution is 0.283. The molecule has 0 atom stereocenters. The summed E-state index contributed by atoms with van der Waals surface area (Å²) in [5.41, 5.74) is 2.51. The van der Waals surface area contributed by atoms with Crippen LogP contribution < -0.4 is 10.0 Å². The van der Waals surface area contributed by atoms with E-state index in [0.717, 1.165) is 30.2 Å². The van der Waals surface area contributed by atoms with Gasteiger partial charge in [0.25, 0.3) is 10.0 Å². The van der Waals surface area contributed by atoms with Gasteiger partial charge in [0.05, 0.1) is 15.4 Å². The van der Waals surface area contributed by atoms with Crippen LogP contribution in [-0.2, 0) is 17.1 Å². The second-order valence-corrected chi connectivity index (χ2v) is 10.3. The highest BCUT2D eigenvalue weighted by Crippen LogP contribution is 2.31. The van der Waals surface area contributed by atoms with Crippen LogP contribution in [0.5, 0.6) is 0 Å². The monoisotopic (exact) mass is 534 g/mol. The Morgan fingerprint density at radius 1 is 1.06 bits per heavy atom. The highest BCUT2D eigenvalue weighted by atomic mass is 35.5. The number of aliphatic hydroxyl groups is 1. The molecule has 0 unspecified atom stereocenters. The maximum Gasteiger partial charge on any atom is 0.263 e. The molecule has 4 aromatic rings. The van der Waals surface area contributed by atoms with E-state index in [4.69, 9.17) is 28.3 Å². The fourth-order valence-electron chi connectivity index (χ4n) is 3.55. The molecular formula is C23H24Cl2N6O3S. The van der Waals surface area contributed by atoms with Crippen molar-refractivity contribution in [2.75, 3.05) is 23.2 Å². The van der Waals surface area contributed by atoms with Crippen molar-refractivity contribution in [2.45, 2.75) is 24.2 Å². The predicted octanol–water partition coefficient (Wildman–Crippen LogP) is 4.71. The zero-order valence-electron chi connectivity index (χ0n) is 18.9. The van der Waals surface area contributed by atoms with Gasteiger partial charge in [0.15, 0.2) is 5.65 Å². The van der Waals surface area contributed by atoms with Crippen molar-refractivity contribution in [1.29, 1.82) is 0 Å². The molecule has 0 fully saturated rings. The van der Waals surface area contributed by atoms with Crippen LogP contribution in [0.4, 0.5) is 11.6 Å². The van der Waals surface area contributed by atoms with Crippen LogP contribution in [0.15, 0.2) is 53.6 Å². The van der Waals surface area contributed by atoms with Gasteiger partial charge in [-0.2, -0.15) is 10.1 Å². The average Bonchev–Trinajstić information content (AvgIpc) is 3.16. The van der Waals surface area contributed by atoms with Gasteiger partial charge in [0.2, 0.25) is 5.95 Å². The Morgan fingerprint density at radius 2 is 1.83 bits per heavy atom. The third-order valence-electron chi connectivity index (χ3n) is 5.31. The molecule has 0 bridgehead atoms. The maximum absolute atomic E-state index is 12.8. The van der Waals surface area contributed by atoms with E-state index in [0.29, 0.717) is 29.5 Å². The highest BCUT2D eigenvalue weighted by molar-refractivity contribution is 7.92. The molecule has 0 spiro atoms. The van der Waals surface area contributed by atoms with Gasteiger partial charge < -0.3 is 10.4 Å². The van der Waals surface area contributed by atoms with E-state index in [-0.39, 0.29) is 21.5 Å². The standard InChI is InChI=1S/C23H24Cl2N6O3S/c1-31-22-17(14-27-23(28-22)26-12-3-2-4-13-32)21(29-31)15-8-10-16(11-9-15)30-35(33,34)19-7-5-6-18(24)20(19)25/h5-11,14,30,32H,2-4,12-13H2,1H3,(H,26,27,28). The van der Waals surface area contributed by atoms with Gasteiger partial charge in [-0.1, -0.05) is 41.4 Å². The van der Waals surface area contributed by atoms with Crippen LogP contribution in [0.25, 0.3) is 22.3 Å². The number of aromatic nitrogens is 4. The third-order valence-corrected chi connectivity index (χ3v) is 7.67. The molecule has 0 radical (unpaired) electrons. The van der Waals surface area contributed by atoms with Crippen molar-refractivity contribution < 1.29 is 13.5 Å². The Morgan fingerprint density at radius 3 is 2.57 bits per heavy atom. The number of benzene rings is 2. The Hall–Kier alpha value is -2.92. The summed E-state index contributed by atoms with van der Waals surface area (Å²) >= 11 is 12.0. The van der Waals surface area contributed by atoms with Gasteiger partial charge in [-0.25, -0.2) is 18.1 Å². The quantitative estimate of drug-likeness (QED) is 0.252. The Bertz CT molecular complexity index is 1440. The van der Waals surface area contributed by atoms with Crippen LogP contribution in [0, 0.1) is 0 Å². The molecule has 4 rings (SSSR count). The van der Waals surface area contributed by atoms with Crippen LogP contribution >= 0.6 is 23.2 Å². The molecule has 2 aromatic carbocycles. The number of hydrogen-bond donors (Lipinski definition) is 3. The lowest BCUT2D eigenvalue weighted by Crippen LogP contribution is -2.13. The first-order valence-corrected chi connectivity index (χ1v) is 13.2. The number of nitrogens with one attached hydrogen (secondary N) is 2. The van der Waals surface area contributed by atoms with Crippen molar-refractivity contribution in [3.63, 3.8) is 0 Å². The SMILES string of the molecule is Cn1nc(-c2ccc(NS(=O)(=O)c3cccc(Cl)c3Cl)cc2)c2cnc(NCCCCCO)nc21. The number of halogens is 2. The zero-order chi connectivity index (χ0) is 25.0. The van der Waals surface area contributed by atoms with E-state index in [1.54, 1.807) is 42.2 Å². The molecule has 0 saturated heterocycles. The van der Waals surface area contributed by atoms with E-state index in [1.165, 1.54) is 18.2 Å². The van der Waals surface area contributed by atoms with E-state index in [1.807, 2.05) is 0 Å². The van der Waals surface area contributed by atoms with Crippen LogP contribution in [0.2, 0.25) is 10.0 Å². The number of aryl methyl sites for hydroxylation is 1. The first-order chi connectivity index (χ1) is 16.8. The van der Waals surface area contributed by atoms with Crippen LogP contribution in [0.3, 0.4) is 0 Å². The van der Waals surface area contributed by atoms with Gasteiger partial charge in [0.1, 0.15) is 10.6 Å². The topological polar surface area (TPSA) is 122 Å². The molecule has 0 aliphatic heterocycles. The number of unbranched alkanes of at least 4 members (excludes halogenated alkanes) is 2. The third kappa shape index (κ3) is 5.67. The molecule has 0 amide bonds. The van der Waals surface area contributed by atoms with Crippen molar-refractivity contribution in [3.05, 3.63) is 58.7 Å². The fourth-order valence-corrected chi connectivity index (χ4v) is 5.37. The summed E-state index contributed by atoms with van der Waals surface area (Å²) < 4.78 is 29.7. The van der Waals surface area contributed by atoms with Crippen LogP contribution in [0.1, 0.15) is 19.3 Å². The number of nitrogens with zero attached hydrogens (tertiary/aromatic N) is 4. The molecule has 0 saturated carbocycles. The average molecular weight is 535 g/mol. The summed E-state index contributed by atoms with van der Waals surface area (Å²) in [7, 11) is -2.11. The molecule has 3 N–H and O–H groups in total. The first kappa shape index (κ1) is 25.2. The number of aliphatic hydroxyl groups excluding tert-OH is 1. The smallest absolute Gasteiger partial charge is 0.263 e. The number of hydrogen-bond acceptors (Lipinski definition) is 7. The second kappa shape index (κ2) is 10.8. The van der Waals surface area contributed by atoms with E-state index < -0.39 is 10.0 Å². The summed E-state index contributed by atoms with van der Waals surface area (Å²) in [5, 5.41) is 17.5. The molecule has 2 aromatic heterocycles. The highest BCUT2D eigenvalue weighted by Gasteiger charge is 2.20. The van der Waals surface area contributed by atoms with E-state index in [2.05, 4.69) is 25.1 Å². The van der Waals surface area contributed by atoms with Gasteiger partial charge in [-0.3, -0.25) is 4.72 Å². The Balaban J connectivity index is 1.52. The van der Waals surface area contributed by atoms with Crippen molar-refractivity contribution in [2.24, 2.45) is 7.05 Å². The zero-order valence-corrected chi connectivity index (χ0v) is 21.2. The van der Waals surface area contributed by atoms with Gasteiger partial charge in [0, 0.05) is 37.6 Å². The summed E-state index contributed by atoms with van der Waals surface area (Å²) in [6.45, 7) is 0.914. The molecule has 9 nitrogen and oxygen atoms in total. The van der Waals surface area contributed by atoms with Gasteiger partial charge >= 0.3 is 0 Å². The Kier molecular flexibility index (Phi) is 7.75. The lowest BCUT2D eigenvalue weighted by Gasteiger charge is -2.10. The van der Waals surface area contributed by atoms with Crippen LogP contribution in [-0.4, -0.2) is 46.4 Å². The largest absolute Gasteiger partial charge is 0.396 e. The number of fused-ring (bicyclic) bond motifs is 1. The van der Waals surface area contributed by atoms with Gasteiger partial charge in [-0.05, 0) is 43.5 Å². The minimum atomic E-state index is -3.92. The molecule has 0 aliphatic rings. The first-order valence-electron chi connectivity index (χ1n) is 10.9. The molecule has 184 valence electrons. The van der Waals surface area contributed by atoms with E-state index in [9.17, 15) is 8.42 Å². The second-order valence-electron chi connectivity index (χ2n) is 7.85. The molecule has 12 heteroatoms. The lowest BCUT2D eigenvalue weighted by atomic mass is 10.1. The molecule has 35 heavy (non-hydrogen) atoms. The van der Waals surface area contributed by atoms with Crippen molar-refractivity contribution in [3.8, 4) is 11.3 Å². The maximum atomic E-state index is 12.8. The number of sulfonamides is 1. The minimum Gasteiger partial charge on any atom is -0.396 e. The number of rotatable bonds is 10.